The van der Waals surface area contributed by atoms with Crippen molar-refractivity contribution in [3.63, 3.8) is 0 Å². The summed E-state index contributed by atoms with van der Waals surface area (Å²) in [4.78, 5) is 0. The zero-order valence-corrected chi connectivity index (χ0v) is 9.97. The molecule has 0 aromatic rings. The van der Waals surface area contributed by atoms with E-state index in [1.165, 1.54) is 6.26 Å². The molecule has 1 N–H and O–H groups in total. The van der Waals surface area contributed by atoms with Crippen molar-refractivity contribution >= 4 is 10.0 Å². The zero-order valence-electron chi connectivity index (χ0n) is 9.16. The molecule has 1 fully saturated rings. The zero-order chi connectivity index (χ0) is 10.8. The van der Waals surface area contributed by atoms with E-state index in [1.54, 1.807) is 4.31 Å². The van der Waals surface area contributed by atoms with Crippen LogP contribution in [-0.2, 0) is 10.0 Å². The lowest BCUT2D eigenvalue weighted by Crippen LogP contribution is -2.49. The van der Waals surface area contributed by atoms with Gasteiger partial charge in [-0.05, 0) is 18.9 Å². The Labute approximate surface area is 86.7 Å². The summed E-state index contributed by atoms with van der Waals surface area (Å²) in [6, 6.07) is 0.470. The van der Waals surface area contributed by atoms with Gasteiger partial charge in [0.05, 0.1) is 6.26 Å². The van der Waals surface area contributed by atoms with Gasteiger partial charge >= 0.3 is 0 Å². The first-order valence-corrected chi connectivity index (χ1v) is 6.98. The lowest BCUT2D eigenvalue weighted by Gasteiger charge is -2.35. The molecule has 84 valence electrons. The number of hydrogen-bond acceptors (Lipinski definition) is 3. The summed E-state index contributed by atoms with van der Waals surface area (Å²) in [5.74, 6) is 0.401. The van der Waals surface area contributed by atoms with Crippen LogP contribution in [0.5, 0.6) is 0 Å². The standard InChI is InChI=1S/C9H20N2O2S/c1-4-10-9-5-6-11(7-8(9)2)14(3,12)13/h8-10H,4-7H2,1-3H3. The van der Waals surface area contributed by atoms with Gasteiger partial charge in [-0.15, -0.1) is 0 Å². The van der Waals surface area contributed by atoms with Crippen LogP contribution in [0.4, 0.5) is 0 Å². The van der Waals surface area contributed by atoms with Gasteiger partial charge in [0.2, 0.25) is 10.0 Å². The first-order chi connectivity index (χ1) is 6.45. The van der Waals surface area contributed by atoms with Gasteiger partial charge in [-0.2, -0.15) is 0 Å². The Morgan fingerprint density at radius 1 is 1.50 bits per heavy atom. The van der Waals surface area contributed by atoms with Crippen LogP contribution in [0.25, 0.3) is 0 Å². The Balaban J connectivity index is 2.55. The van der Waals surface area contributed by atoms with E-state index in [0.29, 0.717) is 25.0 Å². The molecule has 0 bridgehead atoms. The van der Waals surface area contributed by atoms with Gasteiger partial charge in [-0.3, -0.25) is 0 Å². The maximum Gasteiger partial charge on any atom is 0.211 e. The molecule has 1 heterocycles. The quantitative estimate of drug-likeness (QED) is 0.742. The van der Waals surface area contributed by atoms with E-state index in [1.807, 2.05) is 0 Å². The van der Waals surface area contributed by atoms with Crippen LogP contribution in [0.3, 0.4) is 0 Å². The van der Waals surface area contributed by atoms with Crippen LogP contribution < -0.4 is 5.32 Å². The normalized spacial score (nSPS) is 30.5. The summed E-state index contributed by atoms with van der Waals surface area (Å²) in [5.41, 5.74) is 0. The molecule has 2 atom stereocenters. The monoisotopic (exact) mass is 220 g/mol. The molecule has 0 amide bonds. The lowest BCUT2D eigenvalue weighted by molar-refractivity contribution is 0.223. The summed E-state index contributed by atoms with van der Waals surface area (Å²) >= 11 is 0. The fourth-order valence-corrected chi connectivity index (χ4v) is 2.92. The second-order valence-electron chi connectivity index (χ2n) is 4.05. The topological polar surface area (TPSA) is 49.4 Å². The molecule has 0 aliphatic carbocycles. The summed E-state index contributed by atoms with van der Waals surface area (Å²) < 4.78 is 24.2. The van der Waals surface area contributed by atoms with Crippen LogP contribution in [0.15, 0.2) is 0 Å². The van der Waals surface area contributed by atoms with Crippen molar-refractivity contribution in [2.45, 2.75) is 26.3 Å². The minimum atomic E-state index is -2.99. The molecule has 2 unspecified atom stereocenters. The Hall–Kier alpha value is -0.130. The highest BCUT2D eigenvalue weighted by Crippen LogP contribution is 2.18. The summed E-state index contributed by atoms with van der Waals surface area (Å²) in [5, 5.41) is 3.38. The van der Waals surface area contributed by atoms with Gasteiger partial charge in [0, 0.05) is 19.1 Å². The molecule has 5 heteroatoms. The minimum Gasteiger partial charge on any atom is -0.314 e. The summed E-state index contributed by atoms with van der Waals surface area (Å²) in [6.07, 6.45) is 2.20. The fraction of sp³-hybridized carbons (Fsp3) is 1.00. The molecule has 14 heavy (non-hydrogen) atoms. The van der Waals surface area contributed by atoms with Crippen LogP contribution >= 0.6 is 0 Å². The predicted molar refractivity (Wildman–Crippen MR) is 57.7 cm³/mol. The Bertz CT molecular complexity index is 277. The molecule has 1 saturated heterocycles. The van der Waals surface area contributed by atoms with Gasteiger partial charge in [-0.25, -0.2) is 12.7 Å². The number of nitrogens with zero attached hydrogens (tertiary/aromatic N) is 1. The highest BCUT2D eigenvalue weighted by atomic mass is 32.2. The number of rotatable bonds is 3. The third kappa shape index (κ3) is 2.93. The predicted octanol–water partition coefficient (Wildman–Crippen LogP) is 0.266. The third-order valence-corrected chi connectivity index (χ3v) is 4.07. The van der Waals surface area contributed by atoms with E-state index in [2.05, 4.69) is 19.2 Å². The average molecular weight is 220 g/mol. The van der Waals surface area contributed by atoms with Crippen molar-refractivity contribution in [3.8, 4) is 0 Å². The molecule has 0 aromatic carbocycles. The van der Waals surface area contributed by atoms with Gasteiger partial charge in [0.25, 0.3) is 0 Å². The largest absolute Gasteiger partial charge is 0.314 e. The molecule has 0 radical (unpaired) electrons. The number of hydrogen-bond donors (Lipinski definition) is 1. The Morgan fingerprint density at radius 3 is 2.57 bits per heavy atom. The minimum absolute atomic E-state index is 0.401. The van der Waals surface area contributed by atoms with Crippen LogP contribution in [0, 0.1) is 5.92 Å². The summed E-state index contributed by atoms with van der Waals surface area (Å²) in [6.45, 7) is 6.44. The second kappa shape index (κ2) is 4.59. The lowest BCUT2D eigenvalue weighted by atomic mass is 9.95. The number of nitrogens with one attached hydrogen (secondary N) is 1. The van der Waals surface area contributed by atoms with Gasteiger partial charge < -0.3 is 5.32 Å². The molecule has 0 aromatic heterocycles. The third-order valence-electron chi connectivity index (χ3n) is 2.80. The molecule has 0 saturated carbocycles. The molecule has 0 spiro atoms. The van der Waals surface area contributed by atoms with E-state index in [-0.39, 0.29) is 0 Å². The summed E-state index contributed by atoms with van der Waals surface area (Å²) in [7, 11) is -2.99. The van der Waals surface area contributed by atoms with Crippen LogP contribution in [0.2, 0.25) is 0 Å². The average Bonchev–Trinajstić information content (AvgIpc) is 2.07. The number of sulfonamides is 1. The maximum atomic E-state index is 11.3. The van der Waals surface area contributed by atoms with Crippen LogP contribution in [0.1, 0.15) is 20.3 Å². The Morgan fingerprint density at radius 2 is 2.14 bits per heavy atom. The van der Waals surface area contributed by atoms with Crippen LogP contribution in [-0.4, -0.2) is 44.7 Å². The molecule has 1 aliphatic heterocycles. The first kappa shape index (κ1) is 11.9. The molecule has 4 nitrogen and oxygen atoms in total. The second-order valence-corrected chi connectivity index (χ2v) is 6.03. The van der Waals surface area contributed by atoms with Gasteiger partial charge in [-0.1, -0.05) is 13.8 Å². The molecular formula is C9H20N2O2S. The van der Waals surface area contributed by atoms with E-state index >= 15 is 0 Å². The SMILES string of the molecule is CCNC1CCN(S(C)(=O)=O)CC1C. The van der Waals surface area contributed by atoms with Crippen molar-refractivity contribution in [3.05, 3.63) is 0 Å². The first-order valence-electron chi connectivity index (χ1n) is 5.13. The van der Waals surface area contributed by atoms with E-state index in [9.17, 15) is 8.42 Å². The highest BCUT2D eigenvalue weighted by Gasteiger charge is 2.29. The van der Waals surface area contributed by atoms with Crippen molar-refractivity contribution in [1.29, 1.82) is 0 Å². The van der Waals surface area contributed by atoms with Crippen molar-refractivity contribution in [2.75, 3.05) is 25.9 Å². The van der Waals surface area contributed by atoms with Crippen molar-refractivity contribution < 1.29 is 8.42 Å². The van der Waals surface area contributed by atoms with Gasteiger partial charge in [0.15, 0.2) is 0 Å². The highest BCUT2D eigenvalue weighted by molar-refractivity contribution is 7.88. The smallest absolute Gasteiger partial charge is 0.211 e. The maximum absolute atomic E-state index is 11.3. The van der Waals surface area contributed by atoms with E-state index in [4.69, 9.17) is 0 Å². The molecule has 1 aliphatic rings. The van der Waals surface area contributed by atoms with Crippen molar-refractivity contribution in [1.82, 2.24) is 9.62 Å². The molecular weight excluding hydrogens is 200 g/mol. The Kier molecular flexibility index (Phi) is 3.92. The fourth-order valence-electron chi connectivity index (χ4n) is 1.97. The van der Waals surface area contributed by atoms with Gasteiger partial charge in [0.1, 0.15) is 0 Å². The van der Waals surface area contributed by atoms with Crippen molar-refractivity contribution in [2.24, 2.45) is 5.92 Å². The van der Waals surface area contributed by atoms with E-state index < -0.39 is 10.0 Å². The number of piperidine rings is 1. The molecule has 1 rings (SSSR count). The van der Waals surface area contributed by atoms with E-state index in [0.717, 1.165) is 13.0 Å².